The molecule has 1 aromatic carbocycles. The van der Waals surface area contributed by atoms with E-state index in [2.05, 4.69) is 35.9 Å². The summed E-state index contributed by atoms with van der Waals surface area (Å²) in [6.07, 6.45) is 4.09. The minimum absolute atomic E-state index is 0.0215. The van der Waals surface area contributed by atoms with Crippen molar-refractivity contribution in [1.29, 1.82) is 0 Å². The third kappa shape index (κ3) is 8.77. The molecular weight excluding hydrogens is 526 g/mol. The number of benzene rings is 1. The van der Waals surface area contributed by atoms with Gasteiger partial charge < -0.3 is 19.6 Å². The summed E-state index contributed by atoms with van der Waals surface area (Å²) < 4.78 is 12.1. The third-order valence-electron chi connectivity index (χ3n) is 7.99. The van der Waals surface area contributed by atoms with Crippen LogP contribution in [0, 0.1) is 11.8 Å². The summed E-state index contributed by atoms with van der Waals surface area (Å²) in [6.45, 7) is 12.5. The van der Waals surface area contributed by atoms with Crippen molar-refractivity contribution in [3.8, 4) is 0 Å². The molecule has 0 spiro atoms. The predicted octanol–water partition coefficient (Wildman–Crippen LogP) is 4.15. The van der Waals surface area contributed by atoms with Crippen molar-refractivity contribution in [2.24, 2.45) is 11.8 Å². The Labute approximate surface area is 241 Å². The number of carbonyl (C=O) groups is 3. The van der Waals surface area contributed by atoms with Gasteiger partial charge in [-0.05, 0) is 56.2 Å². The highest BCUT2D eigenvalue weighted by Gasteiger charge is 2.30. The van der Waals surface area contributed by atoms with E-state index in [1.54, 1.807) is 11.3 Å². The van der Waals surface area contributed by atoms with Crippen LogP contribution < -0.4 is 5.32 Å². The van der Waals surface area contributed by atoms with Crippen LogP contribution in [0.4, 0.5) is 0 Å². The highest BCUT2D eigenvalue weighted by atomic mass is 32.1. The van der Waals surface area contributed by atoms with Gasteiger partial charge in [0.05, 0.1) is 34.4 Å². The Morgan fingerprint density at radius 3 is 2.58 bits per heavy atom. The standard InChI is InChI=1S/C31H43N3O5S/c1-4-23-5-6-27-29(18-23)40-30(32-27)19-25(17-22(3)35)31(37)33-26(24-9-13-38-14-10-24)7-8-28(36)21(2)20-34-11-15-39-16-12-34/h5-6,18,24-26H,2,4,7-17,19-20H2,1,3H3,(H,33,37)/t25-,26+/m0/s1. The van der Waals surface area contributed by atoms with Crippen molar-refractivity contribution >= 4 is 39.0 Å². The average Bonchev–Trinajstić information content (AvgIpc) is 3.36. The molecule has 2 aromatic rings. The number of aryl methyl sites for hydroxylation is 1. The van der Waals surface area contributed by atoms with E-state index < -0.39 is 5.92 Å². The molecule has 218 valence electrons. The molecule has 0 bridgehead atoms. The number of morpholine rings is 1. The van der Waals surface area contributed by atoms with Crippen molar-refractivity contribution in [3.05, 3.63) is 40.9 Å². The molecule has 2 aliphatic rings. The van der Waals surface area contributed by atoms with Crippen LogP contribution in [0.2, 0.25) is 0 Å². The van der Waals surface area contributed by atoms with E-state index >= 15 is 0 Å². The molecule has 0 unspecified atom stereocenters. The van der Waals surface area contributed by atoms with Crippen LogP contribution in [0.25, 0.3) is 10.2 Å². The third-order valence-corrected chi connectivity index (χ3v) is 9.03. The summed E-state index contributed by atoms with van der Waals surface area (Å²) in [6, 6.07) is 6.11. The molecule has 9 heteroatoms. The average molecular weight is 570 g/mol. The number of hydrogen-bond donors (Lipinski definition) is 1. The number of ether oxygens (including phenoxy) is 2. The summed E-state index contributed by atoms with van der Waals surface area (Å²) in [4.78, 5) is 45.8. The first-order valence-electron chi connectivity index (χ1n) is 14.6. The lowest BCUT2D eigenvalue weighted by atomic mass is 9.87. The molecule has 2 atom stereocenters. The van der Waals surface area contributed by atoms with Crippen LogP contribution in [0.5, 0.6) is 0 Å². The Morgan fingerprint density at radius 1 is 1.15 bits per heavy atom. The summed E-state index contributed by atoms with van der Waals surface area (Å²) in [7, 11) is 0. The number of thiazole rings is 1. The molecule has 4 rings (SSSR count). The largest absolute Gasteiger partial charge is 0.381 e. The van der Waals surface area contributed by atoms with Crippen molar-refractivity contribution < 1.29 is 23.9 Å². The number of nitrogens with zero attached hydrogens (tertiary/aromatic N) is 2. The summed E-state index contributed by atoms with van der Waals surface area (Å²) in [5, 5.41) is 4.12. The molecule has 0 saturated carbocycles. The maximum atomic E-state index is 13.7. The highest BCUT2D eigenvalue weighted by molar-refractivity contribution is 7.18. The minimum atomic E-state index is -0.502. The van der Waals surface area contributed by atoms with Gasteiger partial charge in [-0.1, -0.05) is 19.6 Å². The Balaban J connectivity index is 1.41. The van der Waals surface area contributed by atoms with E-state index in [0.29, 0.717) is 57.8 Å². The van der Waals surface area contributed by atoms with Gasteiger partial charge in [0.25, 0.3) is 0 Å². The van der Waals surface area contributed by atoms with Crippen LogP contribution in [0.1, 0.15) is 56.5 Å². The monoisotopic (exact) mass is 569 g/mol. The number of ketones is 2. The van der Waals surface area contributed by atoms with Crippen molar-refractivity contribution in [2.75, 3.05) is 46.1 Å². The van der Waals surface area contributed by atoms with Crippen LogP contribution in [-0.2, 0) is 36.7 Å². The fourth-order valence-electron chi connectivity index (χ4n) is 5.56. The lowest BCUT2D eigenvalue weighted by molar-refractivity contribution is -0.130. The van der Waals surface area contributed by atoms with E-state index in [9.17, 15) is 14.4 Å². The minimum Gasteiger partial charge on any atom is -0.381 e. The lowest BCUT2D eigenvalue weighted by Gasteiger charge is -2.32. The van der Waals surface area contributed by atoms with Gasteiger partial charge in [0.1, 0.15) is 5.78 Å². The normalized spacial score (nSPS) is 18.4. The smallest absolute Gasteiger partial charge is 0.224 e. The topological polar surface area (TPSA) is 97.8 Å². The fraction of sp³-hybridized carbons (Fsp3) is 0.613. The molecule has 2 fully saturated rings. The molecule has 0 aliphatic carbocycles. The van der Waals surface area contributed by atoms with Gasteiger partial charge in [-0.3, -0.25) is 14.5 Å². The van der Waals surface area contributed by atoms with Crippen molar-refractivity contribution in [3.63, 3.8) is 0 Å². The summed E-state index contributed by atoms with van der Waals surface area (Å²) in [5.41, 5.74) is 2.78. The molecule has 3 heterocycles. The molecular formula is C31H43N3O5S. The van der Waals surface area contributed by atoms with Gasteiger partial charge in [0, 0.05) is 63.7 Å². The maximum absolute atomic E-state index is 13.7. The number of nitrogens with one attached hydrogen (secondary N) is 1. The zero-order chi connectivity index (χ0) is 28.5. The maximum Gasteiger partial charge on any atom is 0.224 e. The van der Waals surface area contributed by atoms with Gasteiger partial charge in [0.15, 0.2) is 5.78 Å². The number of hydrogen-bond acceptors (Lipinski definition) is 8. The molecule has 1 N–H and O–H groups in total. The van der Waals surface area contributed by atoms with Crippen LogP contribution >= 0.6 is 11.3 Å². The Bertz CT molecular complexity index is 1180. The van der Waals surface area contributed by atoms with Gasteiger partial charge in [-0.15, -0.1) is 11.3 Å². The lowest BCUT2D eigenvalue weighted by Crippen LogP contribution is -2.46. The zero-order valence-corrected chi connectivity index (χ0v) is 24.7. The first-order chi connectivity index (χ1) is 19.3. The first kappa shape index (κ1) is 30.5. The zero-order valence-electron chi connectivity index (χ0n) is 23.9. The molecule has 1 aromatic heterocycles. The number of fused-ring (bicyclic) bond motifs is 1. The summed E-state index contributed by atoms with van der Waals surface area (Å²) >= 11 is 1.59. The van der Waals surface area contributed by atoms with Gasteiger partial charge in [0.2, 0.25) is 5.91 Å². The SMILES string of the molecule is C=C(CN1CCOCC1)C(=O)CC[C@@H](NC(=O)[C@@H](CC(C)=O)Cc1nc2ccc(CC)cc2s1)C1CCOCC1. The second-order valence-electron chi connectivity index (χ2n) is 11.1. The van der Waals surface area contributed by atoms with E-state index in [0.717, 1.165) is 47.6 Å². The van der Waals surface area contributed by atoms with E-state index in [1.807, 2.05) is 6.07 Å². The number of carbonyl (C=O) groups excluding carboxylic acids is 3. The molecule has 40 heavy (non-hydrogen) atoms. The van der Waals surface area contributed by atoms with Crippen LogP contribution in [0.3, 0.4) is 0 Å². The number of amides is 1. The Kier molecular flexibility index (Phi) is 11.4. The molecule has 2 aliphatic heterocycles. The van der Waals surface area contributed by atoms with Crippen LogP contribution in [0.15, 0.2) is 30.4 Å². The second-order valence-corrected chi connectivity index (χ2v) is 12.2. The predicted molar refractivity (Wildman–Crippen MR) is 158 cm³/mol. The van der Waals surface area contributed by atoms with Gasteiger partial charge >= 0.3 is 0 Å². The van der Waals surface area contributed by atoms with Crippen molar-refractivity contribution in [1.82, 2.24) is 15.2 Å². The highest BCUT2D eigenvalue weighted by Crippen LogP contribution is 2.28. The van der Waals surface area contributed by atoms with Gasteiger partial charge in [-0.2, -0.15) is 0 Å². The first-order valence-corrected chi connectivity index (χ1v) is 15.4. The van der Waals surface area contributed by atoms with Crippen LogP contribution in [-0.4, -0.2) is 79.5 Å². The molecule has 2 saturated heterocycles. The van der Waals surface area contributed by atoms with Crippen molar-refractivity contribution in [2.45, 2.75) is 64.8 Å². The van der Waals surface area contributed by atoms with E-state index in [-0.39, 0.29) is 35.9 Å². The number of rotatable bonds is 14. The van der Waals surface area contributed by atoms with E-state index in [4.69, 9.17) is 14.5 Å². The number of Topliss-reactive ketones (excluding diaryl/α,β-unsaturated/α-hetero) is 2. The van der Waals surface area contributed by atoms with E-state index in [1.165, 1.54) is 12.5 Å². The molecule has 8 nitrogen and oxygen atoms in total. The summed E-state index contributed by atoms with van der Waals surface area (Å²) in [5.74, 6) is -0.394. The quantitative estimate of drug-likeness (QED) is 0.342. The Hall–Kier alpha value is -2.46. The molecule has 0 radical (unpaired) electrons. The molecule has 1 amide bonds. The fourth-order valence-corrected chi connectivity index (χ4v) is 6.68. The second kappa shape index (κ2) is 15.0. The Morgan fingerprint density at radius 2 is 1.88 bits per heavy atom. The number of aromatic nitrogens is 1. The van der Waals surface area contributed by atoms with Gasteiger partial charge in [-0.25, -0.2) is 4.98 Å².